The summed E-state index contributed by atoms with van der Waals surface area (Å²) >= 11 is 0. The molecule has 0 aromatic heterocycles. The van der Waals surface area contributed by atoms with Crippen LogP contribution in [0, 0.1) is 5.82 Å². The fraction of sp³-hybridized carbons (Fsp3) is 0.200. The van der Waals surface area contributed by atoms with E-state index in [-0.39, 0.29) is 36.7 Å². The number of ether oxygens (including phenoxy) is 1. The summed E-state index contributed by atoms with van der Waals surface area (Å²) in [5.41, 5.74) is 1.68. The van der Waals surface area contributed by atoms with Crippen LogP contribution in [-0.2, 0) is 11.3 Å². The van der Waals surface area contributed by atoms with Gasteiger partial charge in [-0.25, -0.2) is 4.39 Å². The minimum Gasteiger partial charge on any atom is -0.484 e. The lowest BCUT2D eigenvalue weighted by Gasteiger charge is -2.23. The van der Waals surface area contributed by atoms with Gasteiger partial charge in [0, 0.05) is 29.3 Å². The Balaban J connectivity index is 1.37. The van der Waals surface area contributed by atoms with Crippen molar-refractivity contribution in [1.82, 2.24) is 4.90 Å². The molecule has 0 radical (unpaired) electrons. The second-order valence-corrected chi connectivity index (χ2v) is 7.35. The van der Waals surface area contributed by atoms with E-state index in [9.17, 15) is 14.0 Å². The Morgan fingerprint density at radius 3 is 2.17 bits per heavy atom. The zero-order valence-corrected chi connectivity index (χ0v) is 16.5. The lowest BCUT2D eigenvalue weighted by molar-refractivity contribution is -0.134. The number of ketones is 1. The number of nitrogens with zero attached hydrogens (tertiary/aromatic N) is 1. The summed E-state index contributed by atoms with van der Waals surface area (Å²) < 4.78 is 19.6. The molecule has 1 aliphatic rings. The van der Waals surface area contributed by atoms with E-state index in [1.54, 1.807) is 59.5 Å². The van der Waals surface area contributed by atoms with Crippen LogP contribution in [0.15, 0.2) is 78.9 Å². The largest absolute Gasteiger partial charge is 0.484 e. The van der Waals surface area contributed by atoms with Gasteiger partial charge in [0.25, 0.3) is 5.91 Å². The van der Waals surface area contributed by atoms with Gasteiger partial charge in [0.05, 0.1) is 0 Å². The molecule has 0 spiro atoms. The second-order valence-electron chi connectivity index (χ2n) is 7.35. The van der Waals surface area contributed by atoms with Crippen molar-refractivity contribution in [2.45, 2.75) is 25.4 Å². The first-order valence-electron chi connectivity index (χ1n) is 9.97. The molecule has 3 aromatic rings. The Kier molecular flexibility index (Phi) is 5.89. The molecular formula is C25H22FNO3. The molecule has 1 saturated carbocycles. The molecule has 0 saturated heterocycles. The van der Waals surface area contributed by atoms with Crippen molar-refractivity contribution in [2.75, 3.05) is 6.61 Å². The SMILES string of the molecule is O=C(c1ccccc1)c1ccc(OCC(=O)N(Cc2ccccc2F)C2CC2)cc1. The van der Waals surface area contributed by atoms with Crippen LogP contribution < -0.4 is 4.74 Å². The maximum atomic E-state index is 14.0. The zero-order chi connectivity index (χ0) is 20.9. The highest BCUT2D eigenvalue weighted by molar-refractivity contribution is 6.08. The van der Waals surface area contributed by atoms with Gasteiger partial charge in [0.2, 0.25) is 0 Å². The third kappa shape index (κ3) is 4.74. The number of halogens is 1. The van der Waals surface area contributed by atoms with E-state index in [4.69, 9.17) is 4.74 Å². The number of carbonyl (C=O) groups is 2. The van der Waals surface area contributed by atoms with E-state index >= 15 is 0 Å². The molecule has 0 atom stereocenters. The Bertz CT molecular complexity index is 1030. The molecule has 0 N–H and O–H groups in total. The van der Waals surface area contributed by atoms with E-state index in [1.165, 1.54) is 6.07 Å². The molecule has 0 aliphatic heterocycles. The van der Waals surface area contributed by atoms with Crippen LogP contribution in [0.3, 0.4) is 0 Å². The van der Waals surface area contributed by atoms with Crippen molar-refractivity contribution in [3.63, 3.8) is 0 Å². The first kappa shape index (κ1) is 19.8. The van der Waals surface area contributed by atoms with Crippen molar-refractivity contribution in [2.24, 2.45) is 0 Å². The highest BCUT2D eigenvalue weighted by Crippen LogP contribution is 2.29. The van der Waals surface area contributed by atoms with Crippen molar-refractivity contribution < 1.29 is 18.7 Å². The van der Waals surface area contributed by atoms with Crippen molar-refractivity contribution in [3.8, 4) is 5.75 Å². The lowest BCUT2D eigenvalue weighted by atomic mass is 10.0. The quantitative estimate of drug-likeness (QED) is 0.516. The van der Waals surface area contributed by atoms with Gasteiger partial charge in [0.15, 0.2) is 12.4 Å². The second kappa shape index (κ2) is 8.91. The molecule has 0 heterocycles. The van der Waals surface area contributed by atoms with Gasteiger partial charge in [0.1, 0.15) is 11.6 Å². The molecule has 0 unspecified atom stereocenters. The fourth-order valence-electron chi connectivity index (χ4n) is 3.30. The number of rotatable bonds is 8. The van der Waals surface area contributed by atoms with Crippen LogP contribution in [0.2, 0.25) is 0 Å². The van der Waals surface area contributed by atoms with Crippen molar-refractivity contribution >= 4 is 11.7 Å². The Hall–Kier alpha value is -3.47. The van der Waals surface area contributed by atoms with Gasteiger partial charge >= 0.3 is 0 Å². The Morgan fingerprint density at radius 2 is 1.50 bits per heavy atom. The van der Waals surface area contributed by atoms with E-state index in [1.807, 2.05) is 18.2 Å². The first-order valence-corrected chi connectivity index (χ1v) is 9.97. The molecule has 0 bridgehead atoms. The molecular weight excluding hydrogens is 381 g/mol. The summed E-state index contributed by atoms with van der Waals surface area (Å²) in [6.45, 7) is 0.112. The first-order chi connectivity index (χ1) is 14.6. The summed E-state index contributed by atoms with van der Waals surface area (Å²) in [6, 6.07) is 22.4. The molecule has 3 aromatic carbocycles. The van der Waals surface area contributed by atoms with Crippen LogP contribution in [-0.4, -0.2) is 29.2 Å². The minimum absolute atomic E-state index is 0.0666. The molecule has 152 valence electrons. The molecule has 4 nitrogen and oxygen atoms in total. The molecule has 4 rings (SSSR count). The summed E-state index contributed by atoms with van der Waals surface area (Å²) in [5.74, 6) is -0.0432. The smallest absolute Gasteiger partial charge is 0.261 e. The topological polar surface area (TPSA) is 46.6 Å². The highest BCUT2D eigenvalue weighted by atomic mass is 19.1. The summed E-state index contributed by atoms with van der Waals surface area (Å²) in [6.07, 6.45) is 1.85. The van der Waals surface area contributed by atoms with E-state index in [0.717, 1.165) is 12.8 Å². The van der Waals surface area contributed by atoms with Crippen molar-refractivity contribution in [3.05, 3.63) is 101 Å². The normalized spacial score (nSPS) is 13.0. The minimum atomic E-state index is -0.310. The van der Waals surface area contributed by atoms with Gasteiger partial charge < -0.3 is 9.64 Å². The third-order valence-electron chi connectivity index (χ3n) is 5.12. The number of hydrogen-bond acceptors (Lipinski definition) is 3. The number of carbonyl (C=O) groups excluding carboxylic acids is 2. The van der Waals surface area contributed by atoms with Crippen LogP contribution in [0.25, 0.3) is 0 Å². The lowest BCUT2D eigenvalue weighted by Crippen LogP contribution is -2.36. The molecule has 1 fully saturated rings. The monoisotopic (exact) mass is 403 g/mol. The Morgan fingerprint density at radius 1 is 0.867 bits per heavy atom. The summed E-state index contributed by atoms with van der Waals surface area (Å²) in [7, 11) is 0. The zero-order valence-electron chi connectivity index (χ0n) is 16.5. The van der Waals surface area contributed by atoms with Gasteiger partial charge in [-0.3, -0.25) is 9.59 Å². The van der Waals surface area contributed by atoms with Crippen LogP contribution in [0.4, 0.5) is 4.39 Å². The van der Waals surface area contributed by atoms with Gasteiger partial charge in [-0.1, -0.05) is 48.5 Å². The fourth-order valence-corrected chi connectivity index (χ4v) is 3.30. The maximum absolute atomic E-state index is 14.0. The van der Waals surface area contributed by atoms with Crippen LogP contribution in [0.5, 0.6) is 5.75 Å². The van der Waals surface area contributed by atoms with Gasteiger partial charge in [-0.05, 0) is 43.2 Å². The van der Waals surface area contributed by atoms with Gasteiger partial charge in [-0.15, -0.1) is 0 Å². The number of amides is 1. The number of hydrogen-bond donors (Lipinski definition) is 0. The summed E-state index contributed by atoms with van der Waals surface area (Å²) in [4.78, 5) is 26.8. The van der Waals surface area contributed by atoms with Crippen LogP contribution in [0.1, 0.15) is 34.3 Å². The molecule has 1 aliphatic carbocycles. The van der Waals surface area contributed by atoms with E-state index < -0.39 is 0 Å². The van der Waals surface area contributed by atoms with E-state index in [0.29, 0.717) is 22.4 Å². The summed E-state index contributed by atoms with van der Waals surface area (Å²) in [5, 5.41) is 0. The third-order valence-corrected chi connectivity index (χ3v) is 5.12. The average Bonchev–Trinajstić information content (AvgIpc) is 3.62. The average molecular weight is 403 g/mol. The van der Waals surface area contributed by atoms with Crippen molar-refractivity contribution in [1.29, 1.82) is 0 Å². The standard InChI is InChI=1S/C25H22FNO3/c26-23-9-5-4-8-20(23)16-27(21-12-13-21)24(28)17-30-22-14-10-19(11-15-22)25(29)18-6-2-1-3-7-18/h1-11,14-15,21H,12-13,16-17H2. The predicted octanol–water partition coefficient (Wildman–Crippen LogP) is 4.63. The Labute approximate surface area is 174 Å². The predicted molar refractivity (Wildman–Crippen MR) is 112 cm³/mol. The molecule has 1 amide bonds. The van der Waals surface area contributed by atoms with E-state index in [2.05, 4.69) is 0 Å². The highest BCUT2D eigenvalue weighted by Gasteiger charge is 2.33. The van der Waals surface area contributed by atoms with Gasteiger partial charge in [-0.2, -0.15) is 0 Å². The van der Waals surface area contributed by atoms with Crippen LogP contribution >= 0.6 is 0 Å². The number of benzene rings is 3. The molecule has 5 heteroatoms. The molecule has 30 heavy (non-hydrogen) atoms. The maximum Gasteiger partial charge on any atom is 0.261 e.